The van der Waals surface area contributed by atoms with Crippen molar-refractivity contribution >= 4 is 33.2 Å². The molecule has 1 amide bonds. The minimum Gasteiger partial charge on any atom is -0.348 e. The van der Waals surface area contributed by atoms with Crippen LogP contribution in [0, 0.1) is 6.92 Å². The molecule has 3 aromatic rings. The molecule has 2 aromatic carbocycles. The Bertz CT molecular complexity index is 1110. The second-order valence-corrected chi connectivity index (χ2v) is 8.84. The zero-order valence-electron chi connectivity index (χ0n) is 16.0. The molecule has 0 saturated carbocycles. The van der Waals surface area contributed by atoms with Gasteiger partial charge in [0.1, 0.15) is 0 Å². The first-order valence-corrected chi connectivity index (χ1v) is 10.8. The molecule has 7 nitrogen and oxygen atoms in total. The standard InChI is InChI=1S/C20H21ClN4O3S/c1-14-4-3-5-16(10-14)24-29(27,28)17-6-7-19(21)18(11-17)20(26)23-15(2)12-25-9-8-22-13-25/h3-11,13,15,24H,12H2,1-2H3,(H,23,26). The zero-order chi connectivity index (χ0) is 21.0. The monoisotopic (exact) mass is 432 g/mol. The van der Waals surface area contributed by atoms with Crippen LogP contribution in [0.25, 0.3) is 0 Å². The lowest BCUT2D eigenvalue weighted by Crippen LogP contribution is -2.35. The Morgan fingerprint density at radius 3 is 2.72 bits per heavy atom. The molecule has 3 rings (SSSR count). The number of carbonyl (C=O) groups excluding carboxylic acids is 1. The number of hydrogen-bond donors (Lipinski definition) is 2. The lowest BCUT2D eigenvalue weighted by molar-refractivity contribution is 0.0936. The molecule has 0 aliphatic rings. The van der Waals surface area contributed by atoms with E-state index >= 15 is 0 Å². The molecule has 29 heavy (non-hydrogen) atoms. The summed E-state index contributed by atoms with van der Waals surface area (Å²) < 4.78 is 29.8. The quantitative estimate of drug-likeness (QED) is 0.597. The van der Waals surface area contributed by atoms with Crippen LogP contribution in [0.3, 0.4) is 0 Å². The second kappa shape index (κ2) is 8.67. The van der Waals surface area contributed by atoms with Crippen LogP contribution in [0.5, 0.6) is 0 Å². The van der Waals surface area contributed by atoms with Gasteiger partial charge in [-0.1, -0.05) is 23.7 Å². The molecule has 1 unspecified atom stereocenters. The molecule has 1 atom stereocenters. The van der Waals surface area contributed by atoms with E-state index in [2.05, 4.69) is 15.0 Å². The first-order valence-electron chi connectivity index (χ1n) is 8.90. The zero-order valence-corrected chi connectivity index (χ0v) is 17.5. The van der Waals surface area contributed by atoms with Gasteiger partial charge in [0.2, 0.25) is 0 Å². The Hall–Kier alpha value is -2.84. The SMILES string of the molecule is Cc1cccc(NS(=O)(=O)c2ccc(Cl)c(C(=O)NC(C)Cn3ccnc3)c2)c1. The van der Waals surface area contributed by atoms with Crippen molar-refractivity contribution in [3.05, 3.63) is 77.3 Å². The molecule has 0 aliphatic carbocycles. The first-order chi connectivity index (χ1) is 13.7. The molecule has 0 aliphatic heterocycles. The van der Waals surface area contributed by atoms with Crippen LogP contribution in [-0.4, -0.2) is 29.9 Å². The van der Waals surface area contributed by atoms with Crippen molar-refractivity contribution in [2.24, 2.45) is 0 Å². The fourth-order valence-electron chi connectivity index (χ4n) is 2.83. The van der Waals surface area contributed by atoms with E-state index in [0.29, 0.717) is 12.2 Å². The maximum absolute atomic E-state index is 12.7. The van der Waals surface area contributed by atoms with Crippen LogP contribution in [0.4, 0.5) is 5.69 Å². The number of halogens is 1. The third kappa shape index (κ3) is 5.36. The van der Waals surface area contributed by atoms with Crippen LogP contribution >= 0.6 is 11.6 Å². The molecule has 0 saturated heterocycles. The van der Waals surface area contributed by atoms with Gasteiger partial charge in [0.15, 0.2) is 0 Å². The predicted octanol–water partition coefficient (Wildman–Crippen LogP) is 3.46. The number of carbonyl (C=O) groups is 1. The maximum atomic E-state index is 12.7. The van der Waals surface area contributed by atoms with Crippen LogP contribution in [-0.2, 0) is 16.6 Å². The normalized spacial score (nSPS) is 12.4. The summed E-state index contributed by atoms with van der Waals surface area (Å²) in [6.07, 6.45) is 5.10. The molecular weight excluding hydrogens is 412 g/mol. The first kappa shape index (κ1) is 20.9. The summed E-state index contributed by atoms with van der Waals surface area (Å²) in [5.41, 5.74) is 1.46. The molecule has 0 bridgehead atoms. The Morgan fingerprint density at radius 2 is 2.03 bits per heavy atom. The van der Waals surface area contributed by atoms with Crippen molar-refractivity contribution in [1.82, 2.24) is 14.9 Å². The number of nitrogens with one attached hydrogen (secondary N) is 2. The van der Waals surface area contributed by atoms with Crippen molar-refractivity contribution in [2.75, 3.05) is 4.72 Å². The van der Waals surface area contributed by atoms with Gasteiger partial charge >= 0.3 is 0 Å². The smallest absolute Gasteiger partial charge is 0.261 e. The van der Waals surface area contributed by atoms with E-state index in [4.69, 9.17) is 11.6 Å². The molecule has 1 heterocycles. The summed E-state index contributed by atoms with van der Waals surface area (Å²) in [5, 5.41) is 3.00. The van der Waals surface area contributed by atoms with E-state index in [-0.39, 0.29) is 21.5 Å². The largest absolute Gasteiger partial charge is 0.348 e. The van der Waals surface area contributed by atoms with Gasteiger partial charge in [-0.05, 0) is 49.7 Å². The van der Waals surface area contributed by atoms with E-state index in [0.717, 1.165) is 5.56 Å². The summed E-state index contributed by atoms with van der Waals surface area (Å²) in [5.74, 6) is -0.449. The van der Waals surface area contributed by atoms with Crippen LogP contribution in [0.1, 0.15) is 22.8 Å². The average Bonchev–Trinajstić information content (AvgIpc) is 3.14. The molecule has 0 fully saturated rings. The summed E-state index contributed by atoms with van der Waals surface area (Å²) in [7, 11) is -3.87. The van der Waals surface area contributed by atoms with E-state index in [1.54, 1.807) is 36.9 Å². The van der Waals surface area contributed by atoms with Crippen molar-refractivity contribution in [1.29, 1.82) is 0 Å². The number of anilines is 1. The van der Waals surface area contributed by atoms with Crippen molar-refractivity contribution < 1.29 is 13.2 Å². The fourth-order valence-corrected chi connectivity index (χ4v) is 4.11. The highest BCUT2D eigenvalue weighted by Crippen LogP contribution is 2.23. The third-order valence-electron chi connectivity index (χ3n) is 4.18. The highest BCUT2D eigenvalue weighted by atomic mass is 35.5. The van der Waals surface area contributed by atoms with Gasteiger partial charge in [-0.15, -0.1) is 0 Å². The van der Waals surface area contributed by atoms with E-state index in [9.17, 15) is 13.2 Å². The molecule has 2 N–H and O–H groups in total. The lowest BCUT2D eigenvalue weighted by Gasteiger charge is -2.16. The Kier molecular flexibility index (Phi) is 6.24. The lowest BCUT2D eigenvalue weighted by atomic mass is 10.2. The Morgan fingerprint density at radius 1 is 1.24 bits per heavy atom. The molecule has 9 heteroatoms. The van der Waals surface area contributed by atoms with Gasteiger partial charge in [-0.25, -0.2) is 13.4 Å². The Balaban J connectivity index is 1.78. The topological polar surface area (TPSA) is 93.1 Å². The molecular formula is C20H21ClN4O3S. The molecule has 0 radical (unpaired) electrons. The highest BCUT2D eigenvalue weighted by Gasteiger charge is 2.20. The number of hydrogen-bond acceptors (Lipinski definition) is 4. The van der Waals surface area contributed by atoms with Gasteiger partial charge in [0.25, 0.3) is 15.9 Å². The summed E-state index contributed by atoms with van der Waals surface area (Å²) in [6.45, 7) is 4.23. The van der Waals surface area contributed by atoms with Crippen molar-refractivity contribution in [2.45, 2.75) is 31.3 Å². The van der Waals surface area contributed by atoms with E-state index in [1.165, 1.54) is 18.2 Å². The van der Waals surface area contributed by atoms with E-state index in [1.807, 2.05) is 24.5 Å². The molecule has 1 aromatic heterocycles. The van der Waals surface area contributed by atoms with Gasteiger partial charge in [0, 0.05) is 30.7 Å². The Labute approximate surface area is 174 Å². The molecule has 152 valence electrons. The second-order valence-electron chi connectivity index (χ2n) is 6.75. The predicted molar refractivity (Wildman–Crippen MR) is 113 cm³/mol. The van der Waals surface area contributed by atoms with Crippen molar-refractivity contribution in [3.8, 4) is 0 Å². The number of aromatic nitrogens is 2. The summed E-state index contributed by atoms with van der Waals surface area (Å²) >= 11 is 6.16. The minimum absolute atomic E-state index is 0.0455. The van der Waals surface area contributed by atoms with Gasteiger partial charge < -0.3 is 9.88 Å². The maximum Gasteiger partial charge on any atom is 0.261 e. The van der Waals surface area contributed by atoms with Crippen LogP contribution in [0.15, 0.2) is 66.1 Å². The number of rotatable bonds is 7. The number of nitrogens with zero attached hydrogens (tertiary/aromatic N) is 2. The summed E-state index contributed by atoms with van der Waals surface area (Å²) in [6, 6.07) is 10.8. The minimum atomic E-state index is -3.87. The number of amides is 1. The fraction of sp³-hybridized carbons (Fsp3) is 0.200. The number of benzene rings is 2. The van der Waals surface area contributed by atoms with Gasteiger partial charge in [0.05, 0.1) is 21.8 Å². The number of imidazole rings is 1. The number of aryl methyl sites for hydroxylation is 1. The van der Waals surface area contributed by atoms with E-state index < -0.39 is 15.9 Å². The third-order valence-corrected chi connectivity index (χ3v) is 5.89. The van der Waals surface area contributed by atoms with Crippen molar-refractivity contribution in [3.63, 3.8) is 0 Å². The van der Waals surface area contributed by atoms with Gasteiger partial charge in [-0.3, -0.25) is 9.52 Å². The molecule has 0 spiro atoms. The van der Waals surface area contributed by atoms with Crippen LogP contribution in [0.2, 0.25) is 5.02 Å². The van der Waals surface area contributed by atoms with Gasteiger partial charge in [-0.2, -0.15) is 0 Å². The average molecular weight is 433 g/mol. The van der Waals surface area contributed by atoms with Crippen LogP contribution < -0.4 is 10.0 Å². The number of sulfonamides is 1. The highest BCUT2D eigenvalue weighted by molar-refractivity contribution is 7.92. The summed E-state index contributed by atoms with van der Waals surface area (Å²) in [4.78, 5) is 16.6.